The highest BCUT2D eigenvalue weighted by Gasteiger charge is 2.23. The van der Waals surface area contributed by atoms with Crippen LogP contribution in [0.3, 0.4) is 0 Å². The summed E-state index contributed by atoms with van der Waals surface area (Å²) >= 11 is 0. The van der Waals surface area contributed by atoms with Crippen LogP contribution >= 0.6 is 0 Å². The van der Waals surface area contributed by atoms with Gasteiger partial charge in [0.15, 0.2) is 0 Å². The fourth-order valence-electron chi connectivity index (χ4n) is 2.66. The first-order chi connectivity index (χ1) is 12.1. The van der Waals surface area contributed by atoms with E-state index in [1.807, 2.05) is 32.0 Å². The number of nitrogens with one attached hydrogen (secondary N) is 1. The van der Waals surface area contributed by atoms with Crippen molar-refractivity contribution in [1.82, 2.24) is 4.31 Å². The SMILES string of the molecule is COc1ccc(S(=O)(=O)N(C)Cc2ccc(C)cc2C)cc1NC(C)=O. The van der Waals surface area contributed by atoms with Crippen molar-refractivity contribution in [3.8, 4) is 5.75 Å². The minimum Gasteiger partial charge on any atom is -0.495 e. The lowest BCUT2D eigenvalue weighted by atomic mass is 10.1. The molecule has 0 heterocycles. The van der Waals surface area contributed by atoms with Crippen molar-refractivity contribution in [1.29, 1.82) is 0 Å². The van der Waals surface area contributed by atoms with Gasteiger partial charge in [0, 0.05) is 20.5 Å². The Bertz CT molecular complexity index is 923. The number of hydrogen-bond acceptors (Lipinski definition) is 4. The average molecular weight is 376 g/mol. The second kappa shape index (κ2) is 7.88. The van der Waals surface area contributed by atoms with Crippen LogP contribution in [0.4, 0.5) is 5.69 Å². The van der Waals surface area contributed by atoms with Gasteiger partial charge in [0.2, 0.25) is 15.9 Å². The van der Waals surface area contributed by atoms with E-state index in [0.29, 0.717) is 11.4 Å². The van der Waals surface area contributed by atoms with E-state index < -0.39 is 10.0 Å². The van der Waals surface area contributed by atoms with Crippen LogP contribution in [-0.2, 0) is 21.4 Å². The Morgan fingerprint density at radius 1 is 1.15 bits per heavy atom. The Balaban J connectivity index is 2.34. The lowest BCUT2D eigenvalue weighted by Gasteiger charge is -2.20. The van der Waals surface area contributed by atoms with Crippen molar-refractivity contribution >= 4 is 21.6 Å². The van der Waals surface area contributed by atoms with Crippen molar-refractivity contribution in [3.63, 3.8) is 0 Å². The van der Waals surface area contributed by atoms with Crippen LogP contribution in [0.5, 0.6) is 5.75 Å². The second-order valence-corrected chi connectivity index (χ2v) is 8.28. The number of carbonyl (C=O) groups excluding carboxylic acids is 1. The monoisotopic (exact) mass is 376 g/mol. The number of hydrogen-bond donors (Lipinski definition) is 1. The number of aryl methyl sites for hydroxylation is 2. The van der Waals surface area contributed by atoms with Gasteiger partial charge >= 0.3 is 0 Å². The number of sulfonamides is 1. The van der Waals surface area contributed by atoms with Gasteiger partial charge < -0.3 is 10.1 Å². The van der Waals surface area contributed by atoms with E-state index in [1.54, 1.807) is 0 Å². The summed E-state index contributed by atoms with van der Waals surface area (Å²) in [4.78, 5) is 11.4. The molecule has 0 aliphatic rings. The van der Waals surface area contributed by atoms with Crippen LogP contribution in [0.25, 0.3) is 0 Å². The number of carbonyl (C=O) groups is 1. The number of methoxy groups -OCH3 is 1. The molecule has 0 aliphatic heterocycles. The van der Waals surface area contributed by atoms with E-state index in [9.17, 15) is 13.2 Å². The Morgan fingerprint density at radius 3 is 2.42 bits per heavy atom. The van der Waals surface area contributed by atoms with E-state index in [1.165, 1.54) is 43.6 Å². The zero-order valence-electron chi connectivity index (χ0n) is 15.7. The van der Waals surface area contributed by atoms with Gasteiger partial charge in [-0.2, -0.15) is 4.31 Å². The van der Waals surface area contributed by atoms with E-state index >= 15 is 0 Å². The summed E-state index contributed by atoms with van der Waals surface area (Å²) in [6, 6.07) is 10.3. The van der Waals surface area contributed by atoms with Gasteiger partial charge in [-0.05, 0) is 43.2 Å². The number of amides is 1. The topological polar surface area (TPSA) is 75.7 Å². The number of benzene rings is 2. The maximum absolute atomic E-state index is 12.9. The molecule has 0 aromatic heterocycles. The first kappa shape index (κ1) is 19.9. The Labute approximate surface area is 154 Å². The molecule has 0 unspecified atom stereocenters. The van der Waals surface area contributed by atoms with Gasteiger partial charge in [-0.1, -0.05) is 23.8 Å². The lowest BCUT2D eigenvalue weighted by molar-refractivity contribution is -0.114. The lowest BCUT2D eigenvalue weighted by Crippen LogP contribution is -2.27. The summed E-state index contributed by atoms with van der Waals surface area (Å²) < 4.78 is 32.3. The molecule has 140 valence electrons. The Hall–Kier alpha value is -2.38. The normalized spacial score (nSPS) is 11.5. The van der Waals surface area contributed by atoms with Crippen molar-refractivity contribution in [2.45, 2.75) is 32.2 Å². The van der Waals surface area contributed by atoms with E-state index in [0.717, 1.165) is 16.7 Å². The quantitative estimate of drug-likeness (QED) is 0.841. The molecule has 7 heteroatoms. The van der Waals surface area contributed by atoms with Gasteiger partial charge in [-0.3, -0.25) is 4.79 Å². The molecule has 0 radical (unpaired) electrons. The zero-order chi connectivity index (χ0) is 19.5. The molecule has 0 aliphatic carbocycles. The maximum atomic E-state index is 12.9. The van der Waals surface area contributed by atoms with Gasteiger partial charge in [0.1, 0.15) is 5.75 Å². The van der Waals surface area contributed by atoms with Crippen LogP contribution in [0.15, 0.2) is 41.3 Å². The van der Waals surface area contributed by atoms with Crippen LogP contribution < -0.4 is 10.1 Å². The standard InChI is InChI=1S/C19H24N2O4S/c1-13-6-7-16(14(2)10-13)12-21(4)26(23,24)17-8-9-19(25-5)18(11-17)20-15(3)22/h6-11H,12H2,1-5H3,(H,20,22). The van der Waals surface area contributed by atoms with Crippen LogP contribution in [0, 0.1) is 13.8 Å². The first-order valence-electron chi connectivity index (χ1n) is 8.13. The summed E-state index contributed by atoms with van der Waals surface area (Å²) in [5, 5.41) is 2.59. The van der Waals surface area contributed by atoms with Gasteiger partial charge in [-0.25, -0.2) is 8.42 Å². The summed E-state index contributed by atoms with van der Waals surface area (Å²) in [6.07, 6.45) is 0. The van der Waals surface area contributed by atoms with Gasteiger partial charge in [0.25, 0.3) is 0 Å². The molecule has 0 atom stereocenters. The third-order valence-corrected chi connectivity index (χ3v) is 5.88. The molecule has 1 N–H and O–H groups in total. The van der Waals surface area contributed by atoms with Crippen LogP contribution in [0.2, 0.25) is 0 Å². The predicted octanol–water partition coefficient (Wildman–Crippen LogP) is 3.09. The van der Waals surface area contributed by atoms with Crippen molar-refractivity contribution in [2.75, 3.05) is 19.5 Å². The van der Waals surface area contributed by atoms with Crippen molar-refractivity contribution in [2.24, 2.45) is 0 Å². The average Bonchev–Trinajstić information content (AvgIpc) is 2.56. The molecular formula is C19H24N2O4S. The van der Waals surface area contributed by atoms with E-state index in [4.69, 9.17) is 4.74 Å². The zero-order valence-corrected chi connectivity index (χ0v) is 16.5. The van der Waals surface area contributed by atoms with Crippen LogP contribution in [0.1, 0.15) is 23.6 Å². The third kappa shape index (κ3) is 4.42. The van der Waals surface area contributed by atoms with Crippen molar-refractivity contribution in [3.05, 3.63) is 53.1 Å². The highest BCUT2D eigenvalue weighted by atomic mass is 32.2. The largest absolute Gasteiger partial charge is 0.495 e. The second-order valence-electron chi connectivity index (χ2n) is 6.23. The molecule has 0 fully saturated rings. The third-order valence-electron chi connectivity index (χ3n) is 4.08. The summed E-state index contributed by atoms with van der Waals surface area (Å²) in [7, 11) is -0.723. The molecule has 2 rings (SSSR count). The van der Waals surface area contributed by atoms with Gasteiger partial charge in [-0.15, -0.1) is 0 Å². The molecule has 2 aromatic carbocycles. The molecule has 1 amide bonds. The summed E-state index contributed by atoms with van der Waals surface area (Å²) in [6.45, 7) is 5.58. The smallest absolute Gasteiger partial charge is 0.243 e. The molecular weight excluding hydrogens is 352 g/mol. The minimum absolute atomic E-state index is 0.0920. The number of nitrogens with zero attached hydrogens (tertiary/aromatic N) is 1. The predicted molar refractivity (Wildman–Crippen MR) is 102 cm³/mol. The van der Waals surface area contributed by atoms with Crippen LogP contribution in [-0.4, -0.2) is 32.8 Å². The Kier molecular flexibility index (Phi) is 6.05. The number of anilines is 1. The minimum atomic E-state index is -3.72. The Morgan fingerprint density at radius 2 is 1.85 bits per heavy atom. The fourth-order valence-corrected chi connectivity index (χ4v) is 3.84. The highest BCUT2D eigenvalue weighted by Crippen LogP contribution is 2.29. The molecule has 6 nitrogen and oxygen atoms in total. The molecule has 26 heavy (non-hydrogen) atoms. The molecule has 0 saturated heterocycles. The fraction of sp³-hybridized carbons (Fsp3) is 0.316. The number of rotatable bonds is 6. The molecule has 0 saturated carbocycles. The van der Waals surface area contributed by atoms with E-state index in [-0.39, 0.29) is 17.3 Å². The summed E-state index contributed by atoms with van der Waals surface area (Å²) in [5.74, 6) is 0.0951. The summed E-state index contributed by atoms with van der Waals surface area (Å²) in [5.41, 5.74) is 3.44. The maximum Gasteiger partial charge on any atom is 0.243 e. The number of ether oxygens (including phenoxy) is 1. The molecule has 0 spiro atoms. The highest BCUT2D eigenvalue weighted by molar-refractivity contribution is 7.89. The molecule has 2 aromatic rings. The van der Waals surface area contributed by atoms with E-state index in [2.05, 4.69) is 5.32 Å². The van der Waals surface area contributed by atoms with Crippen molar-refractivity contribution < 1.29 is 17.9 Å². The molecule has 0 bridgehead atoms. The van der Waals surface area contributed by atoms with Gasteiger partial charge in [0.05, 0.1) is 17.7 Å². The first-order valence-corrected chi connectivity index (χ1v) is 9.57.